The number of nitrogens with zero attached hydrogens (tertiary/aromatic N) is 2. The van der Waals surface area contributed by atoms with Gasteiger partial charge in [0.15, 0.2) is 6.61 Å². The van der Waals surface area contributed by atoms with Crippen LogP contribution in [0.25, 0.3) is 11.3 Å². The third kappa shape index (κ3) is 3.22. The van der Waals surface area contributed by atoms with Gasteiger partial charge in [-0.15, -0.1) is 11.3 Å². The maximum atomic E-state index is 12.2. The van der Waals surface area contributed by atoms with Crippen molar-refractivity contribution in [2.75, 3.05) is 11.5 Å². The number of benzene rings is 2. The van der Waals surface area contributed by atoms with E-state index in [0.29, 0.717) is 0 Å². The first-order valence-electron chi connectivity index (χ1n) is 8.69. The van der Waals surface area contributed by atoms with Gasteiger partial charge in [-0.3, -0.25) is 4.79 Å². The number of carbonyl (C=O) groups excluding carboxylic acids is 1. The molecule has 0 saturated heterocycles. The van der Waals surface area contributed by atoms with Crippen molar-refractivity contribution in [3.05, 3.63) is 64.5 Å². The lowest BCUT2D eigenvalue weighted by Crippen LogP contribution is -2.43. The van der Waals surface area contributed by atoms with E-state index in [4.69, 9.17) is 9.72 Å². The van der Waals surface area contributed by atoms with Crippen molar-refractivity contribution in [3.8, 4) is 17.0 Å². The predicted molar refractivity (Wildman–Crippen MR) is 105 cm³/mol. The molecular formula is C21H20N2O2S. The largest absolute Gasteiger partial charge is 0.482 e. The number of amides is 1. The highest BCUT2D eigenvalue weighted by Crippen LogP contribution is 2.37. The van der Waals surface area contributed by atoms with Crippen LogP contribution in [-0.2, 0) is 11.2 Å². The van der Waals surface area contributed by atoms with Crippen LogP contribution < -0.4 is 9.64 Å². The average Bonchev–Trinajstić information content (AvgIpc) is 3.10. The fraction of sp³-hybridized carbons (Fsp3) is 0.238. The summed E-state index contributed by atoms with van der Waals surface area (Å²) in [6.07, 6.45) is 0.830. The van der Waals surface area contributed by atoms with E-state index >= 15 is 0 Å². The number of hydrogen-bond donors (Lipinski definition) is 0. The van der Waals surface area contributed by atoms with Gasteiger partial charge in [0.1, 0.15) is 5.75 Å². The molecular weight excluding hydrogens is 344 g/mol. The molecule has 0 N–H and O–H groups in total. The van der Waals surface area contributed by atoms with E-state index in [9.17, 15) is 4.79 Å². The van der Waals surface area contributed by atoms with Gasteiger partial charge in [0.05, 0.1) is 16.4 Å². The Kier molecular flexibility index (Phi) is 4.47. The van der Waals surface area contributed by atoms with Crippen molar-refractivity contribution in [1.82, 2.24) is 4.98 Å². The lowest BCUT2D eigenvalue weighted by atomic mass is 10.1. The fourth-order valence-electron chi connectivity index (χ4n) is 3.19. The van der Waals surface area contributed by atoms with Crippen molar-refractivity contribution in [2.24, 2.45) is 0 Å². The van der Waals surface area contributed by atoms with E-state index in [1.165, 1.54) is 5.56 Å². The molecule has 0 atom stereocenters. The van der Waals surface area contributed by atoms with Crippen LogP contribution in [-0.4, -0.2) is 23.5 Å². The summed E-state index contributed by atoms with van der Waals surface area (Å²) in [6.45, 7) is 4.13. The summed E-state index contributed by atoms with van der Waals surface area (Å²) >= 11 is 1.66. The molecule has 0 unspecified atom stereocenters. The molecule has 0 fully saturated rings. The van der Waals surface area contributed by atoms with Crippen molar-refractivity contribution in [1.29, 1.82) is 0 Å². The second-order valence-electron chi connectivity index (χ2n) is 6.62. The van der Waals surface area contributed by atoms with Crippen molar-refractivity contribution >= 4 is 22.9 Å². The third-order valence-electron chi connectivity index (χ3n) is 4.40. The van der Waals surface area contributed by atoms with E-state index in [1.807, 2.05) is 50.2 Å². The minimum absolute atomic E-state index is 0.00676. The van der Waals surface area contributed by atoms with Gasteiger partial charge in [0.2, 0.25) is 0 Å². The molecule has 2 heterocycles. The molecule has 4 rings (SSSR count). The number of ether oxygens (including phenoxy) is 1. The fourth-order valence-corrected chi connectivity index (χ4v) is 4.03. The van der Waals surface area contributed by atoms with Crippen LogP contribution in [0.4, 0.5) is 5.69 Å². The van der Waals surface area contributed by atoms with E-state index < -0.39 is 0 Å². The zero-order valence-corrected chi connectivity index (χ0v) is 15.6. The molecule has 0 saturated carbocycles. The number of hydrogen-bond acceptors (Lipinski definition) is 4. The Morgan fingerprint density at radius 2 is 2.00 bits per heavy atom. The zero-order chi connectivity index (χ0) is 18.1. The number of aromatic nitrogens is 1. The summed E-state index contributed by atoms with van der Waals surface area (Å²) in [5.74, 6) is 0.745. The van der Waals surface area contributed by atoms with Gasteiger partial charge >= 0.3 is 0 Å². The molecule has 2 aromatic carbocycles. The molecule has 0 radical (unpaired) electrons. The molecule has 26 heavy (non-hydrogen) atoms. The Morgan fingerprint density at radius 1 is 1.19 bits per heavy atom. The highest BCUT2D eigenvalue weighted by atomic mass is 32.1. The zero-order valence-electron chi connectivity index (χ0n) is 14.8. The van der Waals surface area contributed by atoms with Crippen LogP contribution in [0, 0.1) is 0 Å². The molecule has 1 amide bonds. The Balaban J connectivity index is 1.64. The van der Waals surface area contributed by atoms with Crippen LogP contribution >= 0.6 is 11.3 Å². The van der Waals surface area contributed by atoms with Crippen LogP contribution in [0.1, 0.15) is 24.4 Å². The molecule has 4 nitrogen and oxygen atoms in total. The maximum Gasteiger partial charge on any atom is 0.265 e. The molecule has 1 aromatic heterocycles. The van der Waals surface area contributed by atoms with Gasteiger partial charge in [-0.1, -0.05) is 30.3 Å². The topological polar surface area (TPSA) is 42.4 Å². The van der Waals surface area contributed by atoms with E-state index in [-0.39, 0.29) is 18.6 Å². The number of rotatable bonds is 4. The lowest BCUT2D eigenvalue weighted by molar-refractivity contribution is -0.121. The second kappa shape index (κ2) is 6.92. The Morgan fingerprint density at radius 3 is 2.77 bits per heavy atom. The SMILES string of the molecule is CC(C)N1C(=O)COc2ccc(-c3csc(Cc4ccccc4)n3)cc21. The van der Waals surface area contributed by atoms with Crippen LogP contribution in [0.15, 0.2) is 53.9 Å². The van der Waals surface area contributed by atoms with E-state index in [0.717, 1.165) is 34.1 Å². The highest BCUT2D eigenvalue weighted by Gasteiger charge is 2.28. The van der Waals surface area contributed by atoms with Gasteiger partial charge in [0, 0.05) is 23.4 Å². The van der Waals surface area contributed by atoms with Crippen LogP contribution in [0.3, 0.4) is 0 Å². The molecule has 1 aliphatic rings. The lowest BCUT2D eigenvalue weighted by Gasteiger charge is -2.32. The smallest absolute Gasteiger partial charge is 0.265 e. The molecule has 0 aliphatic carbocycles. The van der Waals surface area contributed by atoms with Crippen LogP contribution in [0.5, 0.6) is 5.75 Å². The molecule has 0 spiro atoms. The number of thiazole rings is 1. The molecule has 0 bridgehead atoms. The van der Waals surface area contributed by atoms with Crippen molar-refractivity contribution in [2.45, 2.75) is 26.3 Å². The van der Waals surface area contributed by atoms with Gasteiger partial charge < -0.3 is 9.64 Å². The minimum Gasteiger partial charge on any atom is -0.482 e. The summed E-state index contributed by atoms with van der Waals surface area (Å²) in [7, 11) is 0. The quantitative estimate of drug-likeness (QED) is 0.683. The first kappa shape index (κ1) is 16.8. The maximum absolute atomic E-state index is 12.2. The van der Waals surface area contributed by atoms with Gasteiger partial charge in [-0.25, -0.2) is 4.98 Å². The van der Waals surface area contributed by atoms with Crippen molar-refractivity contribution in [3.63, 3.8) is 0 Å². The normalized spacial score (nSPS) is 13.7. The van der Waals surface area contributed by atoms with Crippen molar-refractivity contribution < 1.29 is 9.53 Å². The molecule has 5 heteroatoms. The number of anilines is 1. The standard InChI is InChI=1S/C21H20N2O2S/c1-14(2)23-18-11-16(8-9-19(18)25-12-21(23)24)17-13-26-20(22-17)10-15-6-4-3-5-7-15/h3-9,11,13-14H,10,12H2,1-2H3. The average molecular weight is 364 g/mol. The van der Waals surface area contributed by atoms with Crippen LogP contribution in [0.2, 0.25) is 0 Å². The van der Waals surface area contributed by atoms with E-state index in [1.54, 1.807) is 16.2 Å². The summed E-state index contributed by atoms with van der Waals surface area (Å²) in [6, 6.07) is 16.4. The molecule has 3 aromatic rings. The monoisotopic (exact) mass is 364 g/mol. The third-order valence-corrected chi connectivity index (χ3v) is 5.25. The summed E-state index contributed by atoms with van der Waals surface area (Å²) < 4.78 is 5.58. The Bertz CT molecular complexity index is 934. The van der Waals surface area contributed by atoms with Gasteiger partial charge in [-0.05, 0) is 37.6 Å². The van der Waals surface area contributed by atoms with Gasteiger partial charge in [-0.2, -0.15) is 0 Å². The van der Waals surface area contributed by atoms with E-state index in [2.05, 4.69) is 17.5 Å². The first-order chi connectivity index (χ1) is 12.6. The number of fused-ring (bicyclic) bond motifs is 1. The second-order valence-corrected chi connectivity index (χ2v) is 7.56. The summed E-state index contributed by atoms with van der Waals surface area (Å²) in [5.41, 5.74) is 4.02. The Labute approximate surface area is 157 Å². The molecule has 1 aliphatic heterocycles. The summed E-state index contributed by atoms with van der Waals surface area (Å²) in [4.78, 5) is 18.8. The predicted octanol–water partition coefficient (Wildman–Crippen LogP) is 4.53. The number of carbonyl (C=O) groups is 1. The molecule has 132 valence electrons. The van der Waals surface area contributed by atoms with Gasteiger partial charge in [0.25, 0.3) is 5.91 Å². The Hall–Kier alpha value is -2.66. The first-order valence-corrected chi connectivity index (χ1v) is 9.57. The minimum atomic E-state index is -0.00676. The summed E-state index contributed by atoms with van der Waals surface area (Å²) in [5, 5.41) is 3.16. The highest BCUT2D eigenvalue weighted by molar-refractivity contribution is 7.10.